The third-order valence-electron chi connectivity index (χ3n) is 4.17. The summed E-state index contributed by atoms with van der Waals surface area (Å²) in [6.07, 6.45) is 4.62. The van der Waals surface area contributed by atoms with Gasteiger partial charge in [-0.3, -0.25) is 0 Å². The Morgan fingerprint density at radius 1 is 1.38 bits per heavy atom. The van der Waals surface area contributed by atoms with Gasteiger partial charge in [-0.05, 0) is 43.0 Å². The zero-order valence-corrected chi connectivity index (χ0v) is 13.5. The number of H-pyrrole nitrogens is 1. The van der Waals surface area contributed by atoms with E-state index in [1.807, 2.05) is 31.3 Å². The molecule has 0 bridgehead atoms. The number of sulfonamides is 1. The maximum Gasteiger partial charge on any atom is 0.211 e. The molecule has 1 aromatic heterocycles. The minimum Gasteiger partial charge on any atom is -0.361 e. The molecular formula is C15H19ClN2O2S. The van der Waals surface area contributed by atoms with Gasteiger partial charge in [0.1, 0.15) is 0 Å². The van der Waals surface area contributed by atoms with E-state index in [-0.39, 0.29) is 11.2 Å². The first kappa shape index (κ1) is 14.9. The number of benzene rings is 1. The van der Waals surface area contributed by atoms with Crippen molar-refractivity contribution >= 4 is 32.5 Å². The SMILES string of the molecule is CCCS(=O)(=O)NCC1(c2c[nH]c3ccc(Cl)cc23)CC1. The first-order chi connectivity index (χ1) is 9.96. The van der Waals surface area contributed by atoms with E-state index in [0.717, 1.165) is 23.7 Å². The van der Waals surface area contributed by atoms with Crippen LogP contribution >= 0.6 is 11.6 Å². The summed E-state index contributed by atoms with van der Waals surface area (Å²) in [5.74, 6) is 0.183. The Balaban J connectivity index is 1.86. The summed E-state index contributed by atoms with van der Waals surface area (Å²) in [7, 11) is -3.16. The Labute approximate surface area is 129 Å². The largest absolute Gasteiger partial charge is 0.361 e. The molecule has 6 heteroatoms. The summed E-state index contributed by atoms with van der Waals surface area (Å²) < 4.78 is 26.5. The highest BCUT2D eigenvalue weighted by Gasteiger charge is 2.46. The monoisotopic (exact) mass is 326 g/mol. The molecule has 1 fully saturated rings. The Morgan fingerprint density at radius 3 is 2.81 bits per heavy atom. The Morgan fingerprint density at radius 2 is 2.14 bits per heavy atom. The van der Waals surface area contributed by atoms with Crippen molar-refractivity contribution in [1.82, 2.24) is 9.71 Å². The lowest BCUT2D eigenvalue weighted by molar-refractivity contribution is 0.566. The molecule has 2 aromatic rings. The number of aromatic amines is 1. The standard InChI is InChI=1S/C15H19ClN2O2S/c1-2-7-21(19,20)18-10-15(5-6-15)13-9-17-14-4-3-11(16)8-12(13)14/h3-4,8-9,17-18H,2,5-7,10H2,1H3. The van der Waals surface area contributed by atoms with Crippen molar-refractivity contribution in [3.8, 4) is 0 Å². The van der Waals surface area contributed by atoms with E-state index in [4.69, 9.17) is 11.6 Å². The fraction of sp³-hybridized carbons (Fsp3) is 0.467. The van der Waals surface area contributed by atoms with Gasteiger partial charge in [-0.1, -0.05) is 18.5 Å². The first-order valence-electron chi connectivity index (χ1n) is 7.20. The van der Waals surface area contributed by atoms with E-state index in [0.29, 0.717) is 18.0 Å². The van der Waals surface area contributed by atoms with E-state index in [2.05, 4.69) is 9.71 Å². The molecule has 1 heterocycles. The highest BCUT2D eigenvalue weighted by molar-refractivity contribution is 7.89. The van der Waals surface area contributed by atoms with Gasteiger partial charge in [-0.2, -0.15) is 0 Å². The summed E-state index contributed by atoms with van der Waals surface area (Å²) in [6, 6.07) is 5.76. The normalized spacial score (nSPS) is 17.2. The second kappa shape index (κ2) is 5.30. The van der Waals surface area contributed by atoms with Gasteiger partial charge in [0.05, 0.1) is 5.75 Å². The zero-order valence-electron chi connectivity index (χ0n) is 11.9. The van der Waals surface area contributed by atoms with Crippen LogP contribution in [-0.2, 0) is 15.4 Å². The van der Waals surface area contributed by atoms with Gasteiger partial charge in [-0.25, -0.2) is 13.1 Å². The van der Waals surface area contributed by atoms with Gasteiger partial charge in [0.25, 0.3) is 0 Å². The molecule has 1 saturated carbocycles. The second-order valence-corrected chi connectivity index (χ2v) is 8.18. The van der Waals surface area contributed by atoms with Crippen molar-refractivity contribution in [2.24, 2.45) is 0 Å². The summed E-state index contributed by atoms with van der Waals surface area (Å²) in [4.78, 5) is 3.25. The van der Waals surface area contributed by atoms with Crippen molar-refractivity contribution in [1.29, 1.82) is 0 Å². The van der Waals surface area contributed by atoms with Crippen LogP contribution in [0.3, 0.4) is 0 Å². The van der Waals surface area contributed by atoms with Crippen LogP contribution in [0.25, 0.3) is 10.9 Å². The molecule has 0 amide bonds. The van der Waals surface area contributed by atoms with Gasteiger partial charge >= 0.3 is 0 Å². The molecule has 1 aliphatic rings. The molecule has 0 saturated heterocycles. The summed E-state index contributed by atoms with van der Waals surface area (Å²) in [5, 5.41) is 1.79. The number of rotatable bonds is 6. The van der Waals surface area contributed by atoms with Gasteiger partial charge in [0.15, 0.2) is 0 Å². The van der Waals surface area contributed by atoms with E-state index in [1.54, 1.807) is 0 Å². The van der Waals surface area contributed by atoms with E-state index >= 15 is 0 Å². The minimum absolute atomic E-state index is 0.0796. The van der Waals surface area contributed by atoms with Gasteiger partial charge < -0.3 is 4.98 Å². The molecule has 0 aliphatic heterocycles. The molecule has 4 nitrogen and oxygen atoms in total. The third-order valence-corrected chi connectivity index (χ3v) is 5.94. The lowest BCUT2D eigenvalue weighted by atomic mass is 9.96. The summed E-state index contributed by atoms with van der Waals surface area (Å²) in [6.45, 7) is 2.34. The fourth-order valence-corrected chi connectivity index (χ4v) is 4.16. The predicted octanol–water partition coefficient (Wildman–Crippen LogP) is 3.18. The molecule has 3 rings (SSSR count). The average molecular weight is 327 g/mol. The van der Waals surface area contributed by atoms with Crippen LogP contribution in [-0.4, -0.2) is 25.7 Å². The number of hydrogen-bond donors (Lipinski definition) is 2. The molecule has 1 aliphatic carbocycles. The third kappa shape index (κ3) is 2.96. The first-order valence-corrected chi connectivity index (χ1v) is 9.23. The van der Waals surface area contributed by atoms with Crippen LogP contribution < -0.4 is 4.72 Å². The van der Waals surface area contributed by atoms with Crippen LogP contribution in [0.1, 0.15) is 31.7 Å². The summed E-state index contributed by atoms with van der Waals surface area (Å²) in [5.41, 5.74) is 2.13. The predicted molar refractivity (Wildman–Crippen MR) is 86.3 cm³/mol. The highest BCUT2D eigenvalue weighted by atomic mass is 35.5. The maximum atomic E-state index is 11.9. The van der Waals surface area contributed by atoms with E-state index in [9.17, 15) is 8.42 Å². The molecule has 0 unspecified atom stereocenters. The maximum absolute atomic E-state index is 11.9. The van der Waals surface area contributed by atoms with Crippen LogP contribution in [0, 0.1) is 0 Å². The van der Waals surface area contributed by atoms with Crippen molar-refractivity contribution in [3.63, 3.8) is 0 Å². The molecule has 0 spiro atoms. The molecule has 2 N–H and O–H groups in total. The molecule has 0 radical (unpaired) electrons. The van der Waals surface area contributed by atoms with E-state index < -0.39 is 10.0 Å². The smallest absolute Gasteiger partial charge is 0.211 e. The lowest BCUT2D eigenvalue weighted by Gasteiger charge is -2.16. The van der Waals surface area contributed by atoms with Crippen molar-refractivity contribution in [3.05, 3.63) is 35.0 Å². The van der Waals surface area contributed by atoms with Crippen molar-refractivity contribution in [2.45, 2.75) is 31.6 Å². The number of nitrogens with one attached hydrogen (secondary N) is 2. The van der Waals surface area contributed by atoms with Crippen LogP contribution in [0.5, 0.6) is 0 Å². The number of fused-ring (bicyclic) bond motifs is 1. The summed E-state index contributed by atoms with van der Waals surface area (Å²) >= 11 is 6.08. The quantitative estimate of drug-likeness (QED) is 0.856. The Bertz CT molecular complexity index is 763. The van der Waals surface area contributed by atoms with Crippen LogP contribution in [0.15, 0.2) is 24.4 Å². The van der Waals surface area contributed by atoms with Gasteiger partial charge in [0, 0.05) is 34.1 Å². The van der Waals surface area contributed by atoms with Crippen LogP contribution in [0.2, 0.25) is 5.02 Å². The minimum atomic E-state index is -3.16. The number of halogens is 1. The molecule has 21 heavy (non-hydrogen) atoms. The van der Waals surface area contributed by atoms with Crippen molar-refractivity contribution < 1.29 is 8.42 Å². The van der Waals surface area contributed by atoms with E-state index in [1.165, 1.54) is 5.56 Å². The highest BCUT2D eigenvalue weighted by Crippen LogP contribution is 2.50. The van der Waals surface area contributed by atoms with Gasteiger partial charge in [0.2, 0.25) is 10.0 Å². The number of hydrogen-bond acceptors (Lipinski definition) is 2. The fourth-order valence-electron chi connectivity index (χ4n) is 2.81. The van der Waals surface area contributed by atoms with Gasteiger partial charge in [-0.15, -0.1) is 0 Å². The molecular weight excluding hydrogens is 308 g/mol. The topological polar surface area (TPSA) is 62.0 Å². The lowest BCUT2D eigenvalue weighted by Crippen LogP contribution is -2.33. The second-order valence-electron chi connectivity index (χ2n) is 5.81. The number of aromatic nitrogens is 1. The molecule has 114 valence electrons. The zero-order chi connectivity index (χ0) is 15.1. The van der Waals surface area contributed by atoms with Crippen molar-refractivity contribution in [2.75, 3.05) is 12.3 Å². The Hall–Kier alpha value is -1.04. The Kier molecular flexibility index (Phi) is 3.76. The molecule has 1 aromatic carbocycles. The van der Waals surface area contributed by atoms with Crippen LogP contribution in [0.4, 0.5) is 0 Å². The molecule has 0 atom stereocenters. The average Bonchev–Trinajstić information content (AvgIpc) is 3.10.